The zero-order chi connectivity index (χ0) is 22.4. The zero-order valence-corrected chi connectivity index (χ0v) is 14.7. The van der Waals surface area contributed by atoms with Gasteiger partial charge in [0.05, 0.1) is 6.61 Å². The molecule has 1 aliphatic heterocycles. The molecule has 13 heteroatoms. The second kappa shape index (κ2) is 7.74. The topological polar surface area (TPSA) is 130 Å². The first-order valence-electron chi connectivity index (χ1n) is 8.37. The minimum absolute atomic E-state index is 0.176. The molecule has 2 heterocycles. The standard InChI is InChI=1S/C17H15F5O8/c18-16(19,17(20,21)22)8-3-6-1-2-7(4-9(6)29-14(8)27)28-15-13(26)12(25)11(24)10(5-23)30-15/h1-4,10-13,15,23-26H,5H2/t10-,11-,12+,13-,15?/m1/s1. The molecule has 0 saturated carbocycles. The van der Waals surface area contributed by atoms with Gasteiger partial charge in [-0.2, -0.15) is 22.0 Å². The van der Waals surface area contributed by atoms with Crippen LogP contribution in [0.25, 0.3) is 11.0 Å². The minimum Gasteiger partial charge on any atom is -0.462 e. The van der Waals surface area contributed by atoms with Crippen LogP contribution in [0.5, 0.6) is 5.75 Å². The van der Waals surface area contributed by atoms with Gasteiger partial charge in [-0.1, -0.05) is 0 Å². The van der Waals surface area contributed by atoms with Gasteiger partial charge in [-0.05, 0) is 18.2 Å². The molecule has 0 aliphatic carbocycles. The summed E-state index contributed by atoms with van der Waals surface area (Å²) < 4.78 is 79.6. The van der Waals surface area contributed by atoms with E-state index in [2.05, 4.69) is 4.42 Å². The maximum atomic E-state index is 13.5. The SMILES string of the molecule is O=c1oc2cc(OC3O[C@H](CO)[C@@H](O)[C@H](O)[C@H]3O)ccc2cc1C(F)(F)C(F)(F)F. The molecule has 3 rings (SSSR count). The second-order valence-corrected chi connectivity index (χ2v) is 6.53. The predicted molar refractivity (Wildman–Crippen MR) is 86.8 cm³/mol. The van der Waals surface area contributed by atoms with Crippen molar-refractivity contribution in [3.8, 4) is 5.75 Å². The van der Waals surface area contributed by atoms with Crippen molar-refractivity contribution in [3.05, 3.63) is 40.2 Å². The summed E-state index contributed by atoms with van der Waals surface area (Å²) in [6.07, 6.45) is -14.0. The van der Waals surface area contributed by atoms with Gasteiger partial charge in [0.2, 0.25) is 6.29 Å². The van der Waals surface area contributed by atoms with Gasteiger partial charge in [0.15, 0.2) is 0 Å². The fourth-order valence-corrected chi connectivity index (χ4v) is 2.84. The van der Waals surface area contributed by atoms with Crippen molar-refractivity contribution in [3.63, 3.8) is 0 Å². The van der Waals surface area contributed by atoms with E-state index in [-0.39, 0.29) is 11.1 Å². The average Bonchev–Trinajstić information content (AvgIpc) is 2.66. The van der Waals surface area contributed by atoms with Crippen LogP contribution in [0.2, 0.25) is 0 Å². The van der Waals surface area contributed by atoms with E-state index in [1.807, 2.05) is 0 Å². The highest BCUT2D eigenvalue weighted by Gasteiger charge is 2.60. The van der Waals surface area contributed by atoms with Crippen LogP contribution in [0.15, 0.2) is 33.5 Å². The van der Waals surface area contributed by atoms with Gasteiger partial charge in [-0.15, -0.1) is 0 Å². The van der Waals surface area contributed by atoms with Crippen LogP contribution in [-0.4, -0.2) is 63.9 Å². The average molecular weight is 442 g/mol. The smallest absolute Gasteiger partial charge is 0.458 e. The molecule has 1 aromatic carbocycles. The fraction of sp³-hybridized carbons (Fsp3) is 0.471. The minimum atomic E-state index is -6.00. The van der Waals surface area contributed by atoms with Crippen LogP contribution in [0.4, 0.5) is 22.0 Å². The number of benzene rings is 1. The van der Waals surface area contributed by atoms with Crippen LogP contribution >= 0.6 is 0 Å². The Morgan fingerprint density at radius 1 is 1.00 bits per heavy atom. The molecule has 8 nitrogen and oxygen atoms in total. The molecule has 0 spiro atoms. The third-order valence-corrected chi connectivity index (χ3v) is 4.50. The number of alkyl halides is 5. The molecule has 2 aromatic rings. The molecule has 166 valence electrons. The Hall–Kier alpha value is -2.32. The zero-order valence-electron chi connectivity index (χ0n) is 14.7. The molecule has 1 aromatic heterocycles. The highest BCUT2D eigenvalue weighted by atomic mass is 19.4. The Morgan fingerprint density at radius 2 is 1.67 bits per heavy atom. The third-order valence-electron chi connectivity index (χ3n) is 4.50. The largest absolute Gasteiger partial charge is 0.462 e. The summed E-state index contributed by atoms with van der Waals surface area (Å²) in [5, 5.41) is 38.3. The highest BCUT2D eigenvalue weighted by Crippen LogP contribution is 2.43. The van der Waals surface area contributed by atoms with Crippen LogP contribution < -0.4 is 10.4 Å². The van der Waals surface area contributed by atoms with E-state index in [0.717, 1.165) is 18.2 Å². The lowest BCUT2D eigenvalue weighted by molar-refractivity contribution is -0.290. The molecule has 0 bridgehead atoms. The first-order chi connectivity index (χ1) is 13.9. The van der Waals surface area contributed by atoms with Gasteiger partial charge in [-0.25, -0.2) is 4.79 Å². The Bertz CT molecular complexity index is 973. The maximum absolute atomic E-state index is 13.5. The number of aliphatic hydroxyl groups excluding tert-OH is 4. The number of fused-ring (bicyclic) bond motifs is 1. The lowest BCUT2D eigenvalue weighted by Gasteiger charge is -2.39. The quantitative estimate of drug-likeness (QED) is 0.401. The maximum Gasteiger partial charge on any atom is 0.458 e. The van der Waals surface area contributed by atoms with Gasteiger partial charge in [0.25, 0.3) is 0 Å². The van der Waals surface area contributed by atoms with E-state index >= 15 is 0 Å². The molecule has 1 fully saturated rings. The van der Waals surface area contributed by atoms with Crippen molar-refractivity contribution in [2.75, 3.05) is 6.61 Å². The molecule has 0 radical (unpaired) electrons. The summed E-state index contributed by atoms with van der Waals surface area (Å²) >= 11 is 0. The van der Waals surface area contributed by atoms with Crippen molar-refractivity contribution in [1.29, 1.82) is 0 Å². The van der Waals surface area contributed by atoms with E-state index in [0.29, 0.717) is 6.07 Å². The van der Waals surface area contributed by atoms with Gasteiger partial charge in [0.1, 0.15) is 41.3 Å². The predicted octanol–water partition coefficient (Wildman–Crippen LogP) is 0.626. The first kappa shape index (κ1) is 22.4. The highest BCUT2D eigenvalue weighted by molar-refractivity contribution is 5.78. The Morgan fingerprint density at radius 3 is 2.27 bits per heavy atom. The number of hydrogen-bond donors (Lipinski definition) is 4. The normalized spacial score (nSPS) is 28.0. The number of halogens is 5. The van der Waals surface area contributed by atoms with Crippen molar-refractivity contribution in [1.82, 2.24) is 0 Å². The second-order valence-electron chi connectivity index (χ2n) is 6.53. The number of rotatable bonds is 4. The lowest BCUT2D eigenvalue weighted by atomic mass is 9.99. The summed E-state index contributed by atoms with van der Waals surface area (Å²) in [7, 11) is 0. The molecule has 0 amide bonds. The van der Waals surface area contributed by atoms with E-state index in [9.17, 15) is 42.1 Å². The summed E-state index contributed by atoms with van der Waals surface area (Å²) in [5.41, 5.74) is -4.19. The molecule has 5 atom stereocenters. The molecule has 1 unspecified atom stereocenters. The molecule has 1 saturated heterocycles. The van der Waals surface area contributed by atoms with E-state index in [4.69, 9.17) is 14.6 Å². The van der Waals surface area contributed by atoms with Crippen LogP contribution in [-0.2, 0) is 10.7 Å². The van der Waals surface area contributed by atoms with Gasteiger partial charge in [0, 0.05) is 11.5 Å². The fourth-order valence-electron chi connectivity index (χ4n) is 2.84. The van der Waals surface area contributed by atoms with Crippen molar-refractivity contribution in [2.45, 2.75) is 42.8 Å². The number of aliphatic hydroxyl groups is 4. The van der Waals surface area contributed by atoms with Gasteiger partial charge < -0.3 is 34.3 Å². The monoisotopic (exact) mass is 442 g/mol. The summed E-state index contributed by atoms with van der Waals surface area (Å²) in [6.45, 7) is -0.715. The summed E-state index contributed by atoms with van der Waals surface area (Å²) in [5.74, 6) is -5.60. The van der Waals surface area contributed by atoms with Crippen LogP contribution in [0, 0.1) is 0 Å². The van der Waals surface area contributed by atoms with Crippen molar-refractivity contribution < 1.29 is 56.3 Å². The van der Waals surface area contributed by atoms with Gasteiger partial charge >= 0.3 is 17.7 Å². The van der Waals surface area contributed by atoms with Crippen molar-refractivity contribution in [2.24, 2.45) is 0 Å². The molecule has 1 aliphatic rings. The molecule has 4 N–H and O–H groups in total. The molecule has 30 heavy (non-hydrogen) atoms. The van der Waals surface area contributed by atoms with E-state index < -0.39 is 66.2 Å². The van der Waals surface area contributed by atoms with Crippen LogP contribution in [0.1, 0.15) is 5.56 Å². The summed E-state index contributed by atoms with van der Waals surface area (Å²) in [6, 6.07) is 3.42. The Labute approximate surface area is 163 Å². The summed E-state index contributed by atoms with van der Waals surface area (Å²) in [4.78, 5) is 11.7. The third kappa shape index (κ3) is 3.86. The lowest BCUT2D eigenvalue weighted by Crippen LogP contribution is -2.60. The molecular formula is C17H15F5O8. The van der Waals surface area contributed by atoms with Gasteiger partial charge in [-0.3, -0.25) is 0 Å². The van der Waals surface area contributed by atoms with Crippen LogP contribution in [0.3, 0.4) is 0 Å². The van der Waals surface area contributed by atoms with E-state index in [1.54, 1.807) is 0 Å². The number of hydrogen-bond acceptors (Lipinski definition) is 8. The Balaban J connectivity index is 1.91. The van der Waals surface area contributed by atoms with Crippen molar-refractivity contribution >= 4 is 11.0 Å². The molecular weight excluding hydrogens is 427 g/mol. The number of ether oxygens (including phenoxy) is 2. The Kier molecular flexibility index (Phi) is 5.77. The van der Waals surface area contributed by atoms with E-state index in [1.165, 1.54) is 0 Å². The first-order valence-corrected chi connectivity index (χ1v) is 8.37.